The van der Waals surface area contributed by atoms with Crippen molar-refractivity contribution in [2.75, 3.05) is 19.6 Å². The van der Waals surface area contributed by atoms with Crippen molar-refractivity contribution in [2.45, 2.75) is 33.2 Å². The van der Waals surface area contributed by atoms with Gasteiger partial charge in [0.1, 0.15) is 10.8 Å². The predicted octanol–water partition coefficient (Wildman–Crippen LogP) is 3.51. The van der Waals surface area contributed by atoms with Gasteiger partial charge in [0.2, 0.25) is 0 Å². The van der Waals surface area contributed by atoms with Crippen molar-refractivity contribution < 1.29 is 9.18 Å². The predicted molar refractivity (Wildman–Crippen MR) is 123 cm³/mol. The number of hydrogen-bond acceptors (Lipinski definition) is 4. The minimum absolute atomic E-state index is 0. The van der Waals surface area contributed by atoms with Crippen molar-refractivity contribution in [1.82, 2.24) is 20.9 Å². The summed E-state index contributed by atoms with van der Waals surface area (Å²) in [7, 11) is 0. The van der Waals surface area contributed by atoms with Gasteiger partial charge in [-0.1, -0.05) is 26.0 Å². The van der Waals surface area contributed by atoms with Crippen molar-refractivity contribution in [3.8, 4) is 0 Å². The number of benzene rings is 1. The van der Waals surface area contributed by atoms with Gasteiger partial charge in [-0.05, 0) is 25.0 Å². The highest BCUT2D eigenvalue weighted by Gasteiger charge is 2.10. The number of aliphatic imine (C=N–C) groups is 1. The van der Waals surface area contributed by atoms with Crippen LogP contribution in [0, 0.1) is 5.82 Å². The molecule has 1 aromatic carbocycles. The number of halogens is 2. The smallest absolute Gasteiger partial charge is 0.254 e. The zero-order valence-electron chi connectivity index (χ0n) is 16.3. The van der Waals surface area contributed by atoms with Gasteiger partial charge < -0.3 is 16.0 Å². The molecule has 9 heteroatoms. The number of carbonyl (C=O) groups is 1. The number of rotatable bonds is 8. The van der Waals surface area contributed by atoms with Gasteiger partial charge in [0.15, 0.2) is 5.96 Å². The van der Waals surface area contributed by atoms with E-state index < -0.39 is 11.7 Å². The normalized spacial score (nSPS) is 11.1. The quantitative estimate of drug-likeness (QED) is 0.216. The minimum atomic E-state index is -0.526. The molecule has 3 N–H and O–H groups in total. The summed E-state index contributed by atoms with van der Waals surface area (Å²) in [6, 6.07) is 5.92. The summed E-state index contributed by atoms with van der Waals surface area (Å²) in [5, 5.41) is 12.0. The van der Waals surface area contributed by atoms with Crippen LogP contribution in [0.3, 0.4) is 0 Å². The number of aromatic nitrogens is 1. The number of amides is 1. The highest BCUT2D eigenvalue weighted by atomic mass is 127. The van der Waals surface area contributed by atoms with E-state index in [1.807, 2.05) is 6.92 Å². The van der Waals surface area contributed by atoms with Gasteiger partial charge in [0.05, 0.1) is 17.8 Å². The third-order valence-electron chi connectivity index (χ3n) is 3.70. The Kier molecular flexibility index (Phi) is 11.0. The summed E-state index contributed by atoms with van der Waals surface area (Å²) < 4.78 is 13.6. The molecular weight excluding hydrogens is 492 g/mol. The number of carbonyl (C=O) groups excluding carboxylic acids is 1. The molecule has 0 saturated carbocycles. The first-order valence-corrected chi connectivity index (χ1v) is 9.88. The molecule has 0 aliphatic carbocycles. The number of nitrogens with one attached hydrogen (secondary N) is 3. The lowest BCUT2D eigenvalue weighted by Gasteiger charge is -2.11. The van der Waals surface area contributed by atoms with Gasteiger partial charge in [0, 0.05) is 25.0 Å². The molecule has 0 aliphatic rings. The van der Waals surface area contributed by atoms with E-state index in [1.54, 1.807) is 23.5 Å². The Morgan fingerprint density at radius 1 is 1.21 bits per heavy atom. The molecule has 1 amide bonds. The van der Waals surface area contributed by atoms with E-state index in [4.69, 9.17) is 0 Å². The van der Waals surface area contributed by atoms with Gasteiger partial charge in [-0.15, -0.1) is 35.3 Å². The van der Waals surface area contributed by atoms with Crippen LogP contribution in [-0.4, -0.2) is 36.5 Å². The fraction of sp³-hybridized carbons (Fsp3) is 0.421. The van der Waals surface area contributed by atoms with E-state index in [0.29, 0.717) is 31.5 Å². The lowest BCUT2D eigenvalue weighted by atomic mass is 10.2. The first kappa shape index (κ1) is 24.3. The van der Waals surface area contributed by atoms with E-state index in [-0.39, 0.29) is 29.5 Å². The number of hydrogen-bond donors (Lipinski definition) is 3. The molecule has 6 nitrogen and oxygen atoms in total. The molecule has 1 heterocycles. The Bertz CT molecular complexity index is 781. The van der Waals surface area contributed by atoms with Crippen molar-refractivity contribution in [3.63, 3.8) is 0 Å². The van der Waals surface area contributed by atoms with Crippen LogP contribution in [0.1, 0.15) is 47.7 Å². The number of guanidine groups is 1. The van der Waals surface area contributed by atoms with Gasteiger partial charge in [-0.25, -0.2) is 14.4 Å². The zero-order valence-corrected chi connectivity index (χ0v) is 19.4. The van der Waals surface area contributed by atoms with Crippen LogP contribution in [0.25, 0.3) is 0 Å². The fourth-order valence-electron chi connectivity index (χ4n) is 2.25. The fourth-order valence-corrected chi connectivity index (χ4v) is 3.13. The molecular formula is C19H27FIN5OS. The van der Waals surface area contributed by atoms with Crippen LogP contribution in [0.15, 0.2) is 34.6 Å². The van der Waals surface area contributed by atoms with E-state index in [9.17, 15) is 9.18 Å². The van der Waals surface area contributed by atoms with Gasteiger partial charge in [-0.3, -0.25) is 4.79 Å². The third-order valence-corrected chi connectivity index (χ3v) is 4.55. The average Bonchev–Trinajstić information content (AvgIpc) is 3.12. The van der Waals surface area contributed by atoms with E-state index >= 15 is 0 Å². The second kappa shape index (κ2) is 12.7. The maximum Gasteiger partial charge on any atom is 0.254 e. The molecule has 2 rings (SSSR count). The molecule has 154 valence electrons. The molecule has 0 unspecified atom stereocenters. The SMILES string of the molecule is CCNC(=NCc1nc(C(C)C)cs1)NCCNC(=O)c1ccccc1F.I. The average molecular weight is 519 g/mol. The molecule has 28 heavy (non-hydrogen) atoms. The van der Waals surface area contributed by atoms with E-state index in [0.717, 1.165) is 17.2 Å². The summed E-state index contributed by atoms with van der Waals surface area (Å²) in [6.45, 7) is 8.26. The van der Waals surface area contributed by atoms with Crippen LogP contribution in [0.2, 0.25) is 0 Å². The maximum absolute atomic E-state index is 13.6. The van der Waals surface area contributed by atoms with Crippen LogP contribution >= 0.6 is 35.3 Å². The topological polar surface area (TPSA) is 78.4 Å². The summed E-state index contributed by atoms with van der Waals surface area (Å²) >= 11 is 1.60. The highest BCUT2D eigenvalue weighted by molar-refractivity contribution is 14.0. The molecule has 0 bridgehead atoms. The third kappa shape index (κ3) is 7.70. The first-order valence-electron chi connectivity index (χ1n) is 9.00. The molecule has 0 spiro atoms. The van der Waals surface area contributed by atoms with Crippen molar-refractivity contribution in [1.29, 1.82) is 0 Å². The summed E-state index contributed by atoms with van der Waals surface area (Å²) in [5.74, 6) is 0.102. The minimum Gasteiger partial charge on any atom is -0.357 e. The molecule has 1 aromatic heterocycles. The largest absolute Gasteiger partial charge is 0.357 e. The van der Waals surface area contributed by atoms with Gasteiger partial charge in [-0.2, -0.15) is 0 Å². The second-order valence-electron chi connectivity index (χ2n) is 6.18. The lowest BCUT2D eigenvalue weighted by molar-refractivity contribution is 0.0950. The first-order chi connectivity index (χ1) is 13.0. The maximum atomic E-state index is 13.6. The summed E-state index contributed by atoms with van der Waals surface area (Å²) in [5.41, 5.74) is 1.13. The standard InChI is InChI=1S/C19H26FN5OS.HI/c1-4-21-19(24-11-17-25-16(12-27-17)13(2)3)23-10-9-22-18(26)14-7-5-6-8-15(14)20;/h5-8,12-13H,4,9-11H2,1-3H3,(H,22,26)(H2,21,23,24);1H. The summed E-state index contributed by atoms with van der Waals surface area (Å²) in [6.07, 6.45) is 0. The number of thiazole rings is 1. The Morgan fingerprint density at radius 3 is 2.57 bits per heavy atom. The Balaban J connectivity index is 0.00000392. The van der Waals surface area contributed by atoms with Crippen molar-refractivity contribution in [2.24, 2.45) is 4.99 Å². The van der Waals surface area contributed by atoms with Crippen molar-refractivity contribution >= 4 is 47.2 Å². The Morgan fingerprint density at radius 2 is 1.93 bits per heavy atom. The highest BCUT2D eigenvalue weighted by Crippen LogP contribution is 2.18. The second-order valence-corrected chi connectivity index (χ2v) is 7.12. The Labute approximate surface area is 186 Å². The van der Waals surface area contributed by atoms with Crippen LogP contribution in [-0.2, 0) is 6.54 Å². The molecule has 2 aromatic rings. The molecule has 0 radical (unpaired) electrons. The van der Waals surface area contributed by atoms with Crippen LogP contribution in [0.4, 0.5) is 4.39 Å². The van der Waals surface area contributed by atoms with Gasteiger partial charge >= 0.3 is 0 Å². The van der Waals surface area contributed by atoms with Crippen LogP contribution < -0.4 is 16.0 Å². The summed E-state index contributed by atoms with van der Waals surface area (Å²) in [4.78, 5) is 21.1. The van der Waals surface area contributed by atoms with Crippen LogP contribution in [0.5, 0.6) is 0 Å². The molecule has 0 aliphatic heterocycles. The molecule has 0 atom stereocenters. The number of nitrogens with zero attached hydrogens (tertiary/aromatic N) is 2. The monoisotopic (exact) mass is 519 g/mol. The van der Waals surface area contributed by atoms with E-state index in [1.165, 1.54) is 12.1 Å². The Hall–Kier alpha value is -1.75. The van der Waals surface area contributed by atoms with Crippen molar-refractivity contribution in [3.05, 3.63) is 51.7 Å². The van der Waals surface area contributed by atoms with E-state index in [2.05, 4.69) is 45.2 Å². The van der Waals surface area contributed by atoms with Gasteiger partial charge in [0.25, 0.3) is 5.91 Å². The lowest BCUT2D eigenvalue weighted by Crippen LogP contribution is -2.41. The zero-order chi connectivity index (χ0) is 19.6. The molecule has 0 fully saturated rings. The molecule has 0 saturated heterocycles.